The molecule has 32 heavy (non-hydrogen) atoms. The standard InChI is InChI=1S/C24H34N6O2/c25-22-21-24(28-17-27-22)30(18-29-21)14-9-7-5-3-1-2-4-6-8-10-15-32-20-13-11-12-19(16-20)23(26)31/h11-13,16-18H,1-10,14-15H2,(H2,26,31)(H2,25,27,28). The van der Waals surface area contributed by atoms with Crippen molar-refractivity contribution in [2.45, 2.75) is 70.8 Å². The van der Waals surface area contributed by atoms with Gasteiger partial charge in [0.25, 0.3) is 0 Å². The number of hydrogen-bond acceptors (Lipinski definition) is 6. The highest BCUT2D eigenvalue weighted by Gasteiger charge is 2.07. The Hall–Kier alpha value is -3.16. The van der Waals surface area contributed by atoms with E-state index in [0.717, 1.165) is 25.0 Å². The molecule has 3 aromatic rings. The fourth-order valence-corrected chi connectivity index (χ4v) is 3.79. The maximum absolute atomic E-state index is 11.2. The largest absolute Gasteiger partial charge is 0.494 e. The van der Waals surface area contributed by atoms with E-state index in [2.05, 4.69) is 19.5 Å². The number of carbonyl (C=O) groups is 1. The van der Waals surface area contributed by atoms with Crippen molar-refractivity contribution in [3.05, 3.63) is 42.5 Å². The van der Waals surface area contributed by atoms with Crippen LogP contribution in [0, 0.1) is 0 Å². The minimum atomic E-state index is -0.428. The molecule has 8 nitrogen and oxygen atoms in total. The molecule has 0 aliphatic carbocycles. The highest BCUT2D eigenvalue weighted by molar-refractivity contribution is 5.93. The Labute approximate surface area is 189 Å². The van der Waals surface area contributed by atoms with Crippen molar-refractivity contribution >= 4 is 22.9 Å². The lowest BCUT2D eigenvalue weighted by Crippen LogP contribution is -2.10. The second-order valence-corrected chi connectivity index (χ2v) is 8.15. The van der Waals surface area contributed by atoms with E-state index in [4.69, 9.17) is 16.2 Å². The molecule has 2 heterocycles. The lowest BCUT2D eigenvalue weighted by atomic mass is 10.1. The Kier molecular flexibility index (Phi) is 9.28. The summed E-state index contributed by atoms with van der Waals surface area (Å²) in [5.74, 6) is 0.721. The van der Waals surface area contributed by atoms with Crippen LogP contribution in [0.2, 0.25) is 0 Å². The van der Waals surface area contributed by atoms with Gasteiger partial charge in [-0.15, -0.1) is 0 Å². The van der Waals surface area contributed by atoms with Crippen LogP contribution in [-0.2, 0) is 6.54 Å². The summed E-state index contributed by atoms with van der Waals surface area (Å²) < 4.78 is 7.77. The zero-order chi connectivity index (χ0) is 22.6. The molecule has 0 fully saturated rings. The molecule has 1 amide bonds. The molecular formula is C24H34N6O2. The van der Waals surface area contributed by atoms with Gasteiger partial charge in [0.15, 0.2) is 11.5 Å². The summed E-state index contributed by atoms with van der Waals surface area (Å²) in [6, 6.07) is 7.04. The van der Waals surface area contributed by atoms with Gasteiger partial charge in [-0.05, 0) is 31.0 Å². The number of ether oxygens (including phenoxy) is 1. The van der Waals surface area contributed by atoms with E-state index in [1.165, 1.54) is 57.7 Å². The molecule has 3 rings (SSSR count). The van der Waals surface area contributed by atoms with E-state index in [0.29, 0.717) is 29.3 Å². The van der Waals surface area contributed by atoms with Crippen molar-refractivity contribution in [3.63, 3.8) is 0 Å². The van der Waals surface area contributed by atoms with Gasteiger partial charge in [0.05, 0.1) is 12.9 Å². The predicted octanol–water partition coefficient (Wildman–Crippen LogP) is 4.49. The van der Waals surface area contributed by atoms with Gasteiger partial charge < -0.3 is 20.8 Å². The van der Waals surface area contributed by atoms with Gasteiger partial charge in [0, 0.05) is 12.1 Å². The molecule has 8 heteroatoms. The zero-order valence-electron chi connectivity index (χ0n) is 18.7. The monoisotopic (exact) mass is 438 g/mol. The number of benzene rings is 1. The minimum Gasteiger partial charge on any atom is -0.494 e. The van der Waals surface area contributed by atoms with E-state index in [-0.39, 0.29) is 0 Å². The van der Waals surface area contributed by atoms with Crippen LogP contribution >= 0.6 is 0 Å². The average molecular weight is 439 g/mol. The Balaban J connectivity index is 1.14. The maximum Gasteiger partial charge on any atom is 0.248 e. The van der Waals surface area contributed by atoms with E-state index >= 15 is 0 Å². The lowest BCUT2D eigenvalue weighted by Gasteiger charge is -2.07. The Morgan fingerprint density at radius 1 is 0.906 bits per heavy atom. The van der Waals surface area contributed by atoms with Crippen LogP contribution in [0.25, 0.3) is 11.2 Å². The van der Waals surface area contributed by atoms with Crippen LogP contribution in [-0.4, -0.2) is 32.0 Å². The summed E-state index contributed by atoms with van der Waals surface area (Å²) in [4.78, 5) is 23.8. The highest BCUT2D eigenvalue weighted by Crippen LogP contribution is 2.17. The smallest absolute Gasteiger partial charge is 0.248 e. The first-order valence-corrected chi connectivity index (χ1v) is 11.6. The summed E-state index contributed by atoms with van der Waals surface area (Å²) in [6.45, 7) is 1.59. The summed E-state index contributed by atoms with van der Waals surface area (Å²) in [5.41, 5.74) is 13.1. The van der Waals surface area contributed by atoms with Crippen LogP contribution in [0.15, 0.2) is 36.9 Å². The summed E-state index contributed by atoms with van der Waals surface area (Å²) in [5, 5.41) is 0. The number of amides is 1. The Bertz CT molecular complexity index is 988. The first kappa shape index (κ1) is 23.5. The quantitative estimate of drug-likeness (QED) is 0.337. The topological polar surface area (TPSA) is 122 Å². The van der Waals surface area contributed by atoms with E-state index < -0.39 is 5.91 Å². The number of unbranched alkanes of at least 4 members (excludes halogenated alkanes) is 9. The van der Waals surface area contributed by atoms with Crippen LogP contribution in [0.3, 0.4) is 0 Å². The van der Waals surface area contributed by atoms with Crippen molar-refractivity contribution in [1.82, 2.24) is 19.5 Å². The maximum atomic E-state index is 11.2. The Morgan fingerprint density at radius 2 is 1.59 bits per heavy atom. The number of rotatable bonds is 15. The number of carbonyl (C=O) groups excluding carboxylic acids is 1. The fourth-order valence-electron chi connectivity index (χ4n) is 3.79. The number of nitrogens with two attached hydrogens (primary N) is 2. The number of aromatic nitrogens is 4. The first-order valence-electron chi connectivity index (χ1n) is 11.6. The number of imidazole rings is 1. The molecule has 172 valence electrons. The first-order chi connectivity index (χ1) is 15.6. The zero-order valence-corrected chi connectivity index (χ0v) is 18.7. The number of primary amides is 1. The van der Waals surface area contributed by atoms with Crippen LogP contribution in [0.4, 0.5) is 5.82 Å². The second-order valence-electron chi connectivity index (χ2n) is 8.15. The van der Waals surface area contributed by atoms with Gasteiger partial charge in [-0.25, -0.2) is 15.0 Å². The highest BCUT2D eigenvalue weighted by atomic mass is 16.5. The predicted molar refractivity (Wildman–Crippen MR) is 126 cm³/mol. The van der Waals surface area contributed by atoms with Gasteiger partial charge in [-0.1, -0.05) is 57.4 Å². The lowest BCUT2D eigenvalue weighted by molar-refractivity contribution is 0.1000. The summed E-state index contributed by atoms with van der Waals surface area (Å²) >= 11 is 0. The van der Waals surface area contributed by atoms with Gasteiger partial charge in [-0.3, -0.25) is 4.79 Å². The molecule has 4 N–H and O–H groups in total. The van der Waals surface area contributed by atoms with E-state index in [1.54, 1.807) is 24.5 Å². The van der Waals surface area contributed by atoms with Gasteiger partial charge in [0.1, 0.15) is 17.6 Å². The summed E-state index contributed by atoms with van der Waals surface area (Å²) in [6.07, 6.45) is 15.5. The van der Waals surface area contributed by atoms with Crippen molar-refractivity contribution in [2.24, 2.45) is 5.73 Å². The molecule has 0 unspecified atom stereocenters. The molecule has 0 atom stereocenters. The number of nitrogens with zero attached hydrogens (tertiary/aromatic N) is 4. The second kappa shape index (κ2) is 12.6. The van der Waals surface area contributed by atoms with Crippen LogP contribution in [0.1, 0.15) is 74.6 Å². The Morgan fingerprint density at radius 3 is 2.31 bits per heavy atom. The average Bonchev–Trinajstić information content (AvgIpc) is 3.21. The third-order valence-electron chi connectivity index (χ3n) is 5.61. The molecule has 0 saturated heterocycles. The van der Waals surface area contributed by atoms with Crippen molar-refractivity contribution < 1.29 is 9.53 Å². The van der Waals surface area contributed by atoms with Crippen molar-refractivity contribution in [1.29, 1.82) is 0 Å². The molecule has 2 aromatic heterocycles. The molecule has 0 radical (unpaired) electrons. The molecule has 0 bridgehead atoms. The van der Waals surface area contributed by atoms with Gasteiger partial charge in [0.2, 0.25) is 5.91 Å². The van der Waals surface area contributed by atoms with Crippen LogP contribution < -0.4 is 16.2 Å². The summed E-state index contributed by atoms with van der Waals surface area (Å²) in [7, 11) is 0. The van der Waals surface area contributed by atoms with Crippen molar-refractivity contribution in [3.8, 4) is 5.75 Å². The van der Waals surface area contributed by atoms with Gasteiger partial charge >= 0.3 is 0 Å². The number of aryl methyl sites for hydroxylation is 1. The molecule has 0 spiro atoms. The fraction of sp³-hybridized carbons (Fsp3) is 0.500. The number of fused-ring (bicyclic) bond motifs is 1. The van der Waals surface area contributed by atoms with Crippen LogP contribution in [0.5, 0.6) is 5.75 Å². The van der Waals surface area contributed by atoms with Crippen molar-refractivity contribution in [2.75, 3.05) is 12.3 Å². The number of anilines is 1. The van der Waals surface area contributed by atoms with E-state index in [9.17, 15) is 4.79 Å². The molecule has 0 aliphatic heterocycles. The number of nitrogen functional groups attached to an aromatic ring is 1. The SMILES string of the molecule is NC(=O)c1cccc(OCCCCCCCCCCCCn2cnc3c(N)ncnc32)c1. The third kappa shape index (κ3) is 7.21. The third-order valence-corrected chi connectivity index (χ3v) is 5.61. The normalized spacial score (nSPS) is 11.1. The molecule has 0 saturated carbocycles. The number of hydrogen-bond donors (Lipinski definition) is 2. The molecule has 1 aromatic carbocycles. The van der Waals surface area contributed by atoms with E-state index in [1.807, 2.05) is 6.07 Å². The molecular weight excluding hydrogens is 404 g/mol. The molecule has 0 aliphatic rings. The van der Waals surface area contributed by atoms with Gasteiger partial charge in [-0.2, -0.15) is 0 Å². The minimum absolute atomic E-state index is 0.428.